The van der Waals surface area contributed by atoms with Crippen molar-refractivity contribution in [2.24, 2.45) is 0 Å². The van der Waals surface area contributed by atoms with Crippen LogP contribution in [0.3, 0.4) is 0 Å². The van der Waals surface area contributed by atoms with Gasteiger partial charge in [0.1, 0.15) is 11.5 Å². The van der Waals surface area contributed by atoms with Crippen molar-refractivity contribution in [3.05, 3.63) is 47.8 Å². The van der Waals surface area contributed by atoms with E-state index >= 15 is 0 Å². The van der Waals surface area contributed by atoms with Crippen molar-refractivity contribution in [2.45, 2.75) is 57.4 Å². The van der Waals surface area contributed by atoms with Crippen LogP contribution >= 0.6 is 0 Å². The zero-order chi connectivity index (χ0) is 23.8. The summed E-state index contributed by atoms with van der Waals surface area (Å²) in [6.45, 7) is -0.127. The van der Waals surface area contributed by atoms with Crippen molar-refractivity contribution in [3.63, 3.8) is 0 Å². The third-order valence-corrected chi connectivity index (χ3v) is 5.21. The Kier molecular flexibility index (Phi) is 8.34. The van der Waals surface area contributed by atoms with Gasteiger partial charge in [-0.1, -0.05) is 6.07 Å². The van der Waals surface area contributed by atoms with Gasteiger partial charge >= 0.3 is 12.4 Å². The standard InChI is InChI=1S/C22H26F3N3O5/c1-31-20-15(12-29)9-18(33-22(23,24)25)10-19(20)28-21(30)27-16-4-6-17(7-5-16)32-13-14-3-2-8-26-11-14/h2-3,8-11,16-17,29H,4-7,12-13H2,1H3,(H2,27,28,30)/t16-,17-. The molecule has 3 N–H and O–H groups in total. The molecule has 33 heavy (non-hydrogen) atoms. The summed E-state index contributed by atoms with van der Waals surface area (Å²) < 4.78 is 52.8. The van der Waals surface area contributed by atoms with Crippen LogP contribution in [0.1, 0.15) is 36.8 Å². The maximum absolute atomic E-state index is 12.6. The van der Waals surface area contributed by atoms with E-state index in [1.165, 1.54) is 7.11 Å². The monoisotopic (exact) mass is 469 g/mol. The molecule has 3 rings (SSSR count). The molecule has 1 saturated carbocycles. The quantitative estimate of drug-likeness (QED) is 0.537. The van der Waals surface area contributed by atoms with E-state index in [4.69, 9.17) is 9.47 Å². The van der Waals surface area contributed by atoms with Crippen LogP contribution in [-0.2, 0) is 18.0 Å². The molecule has 0 saturated heterocycles. The SMILES string of the molecule is COc1c(CO)cc(OC(F)(F)F)cc1NC(=O)N[C@H]1CC[C@H](OCc2cccnc2)CC1. The van der Waals surface area contributed by atoms with E-state index in [1.54, 1.807) is 12.4 Å². The van der Waals surface area contributed by atoms with E-state index in [9.17, 15) is 23.1 Å². The molecule has 2 amide bonds. The number of aliphatic hydroxyl groups excluding tert-OH is 1. The molecule has 8 nitrogen and oxygen atoms in total. The summed E-state index contributed by atoms with van der Waals surface area (Å²) >= 11 is 0. The topological polar surface area (TPSA) is 102 Å². The minimum Gasteiger partial charge on any atom is -0.494 e. The lowest BCUT2D eigenvalue weighted by Crippen LogP contribution is -2.41. The van der Waals surface area contributed by atoms with E-state index in [1.807, 2.05) is 12.1 Å². The van der Waals surface area contributed by atoms with Crippen LogP contribution in [-0.4, -0.2) is 41.7 Å². The molecule has 0 spiro atoms. The highest BCUT2D eigenvalue weighted by Gasteiger charge is 2.32. The number of nitrogens with one attached hydrogen (secondary N) is 2. The second-order valence-corrected chi connectivity index (χ2v) is 7.61. The first-order valence-electron chi connectivity index (χ1n) is 10.4. The molecule has 0 radical (unpaired) electrons. The number of amides is 2. The summed E-state index contributed by atoms with van der Waals surface area (Å²) in [5.74, 6) is -0.524. The lowest BCUT2D eigenvalue weighted by molar-refractivity contribution is -0.274. The number of alkyl halides is 3. The van der Waals surface area contributed by atoms with Crippen LogP contribution in [0, 0.1) is 0 Å². The molecule has 1 aliphatic rings. The lowest BCUT2D eigenvalue weighted by Gasteiger charge is -2.29. The molecule has 1 fully saturated rings. The fourth-order valence-corrected chi connectivity index (χ4v) is 3.72. The number of carbonyl (C=O) groups excluding carboxylic acids is 1. The van der Waals surface area contributed by atoms with Gasteiger partial charge in [0, 0.05) is 30.1 Å². The van der Waals surface area contributed by atoms with Crippen LogP contribution in [0.4, 0.5) is 23.7 Å². The number of anilines is 1. The molecular weight excluding hydrogens is 443 g/mol. The third kappa shape index (κ3) is 7.50. The molecule has 0 aliphatic heterocycles. The van der Waals surface area contributed by atoms with Gasteiger partial charge in [-0.3, -0.25) is 4.98 Å². The van der Waals surface area contributed by atoms with E-state index in [0.29, 0.717) is 19.4 Å². The normalized spacial score (nSPS) is 18.5. The number of halogens is 3. The van der Waals surface area contributed by atoms with Gasteiger partial charge in [-0.25, -0.2) is 4.79 Å². The predicted octanol–water partition coefficient (Wildman–Crippen LogP) is 4.13. The minimum absolute atomic E-state index is 0.0424. The molecule has 0 atom stereocenters. The number of aliphatic hydroxyl groups is 1. The van der Waals surface area contributed by atoms with Crippen LogP contribution in [0.15, 0.2) is 36.7 Å². The van der Waals surface area contributed by atoms with E-state index in [2.05, 4.69) is 20.4 Å². The van der Waals surface area contributed by atoms with Crippen molar-refractivity contribution < 1.29 is 37.3 Å². The van der Waals surface area contributed by atoms with Crippen LogP contribution in [0.5, 0.6) is 11.5 Å². The van der Waals surface area contributed by atoms with Crippen molar-refractivity contribution in [3.8, 4) is 11.5 Å². The summed E-state index contributed by atoms with van der Waals surface area (Å²) in [5, 5.41) is 14.8. The molecule has 0 bridgehead atoms. The molecule has 180 valence electrons. The smallest absolute Gasteiger partial charge is 0.494 e. The van der Waals surface area contributed by atoms with Gasteiger partial charge in [0.15, 0.2) is 0 Å². The van der Waals surface area contributed by atoms with Crippen LogP contribution < -0.4 is 20.1 Å². The summed E-state index contributed by atoms with van der Waals surface area (Å²) in [5.41, 5.74) is 0.986. The molecule has 1 aromatic carbocycles. The Bertz CT molecular complexity index is 919. The van der Waals surface area contributed by atoms with E-state index in [0.717, 1.165) is 30.5 Å². The van der Waals surface area contributed by atoms with Gasteiger partial charge < -0.3 is 30.0 Å². The Morgan fingerprint density at radius 2 is 2.00 bits per heavy atom. The molecule has 1 aromatic heterocycles. The van der Waals surface area contributed by atoms with Gasteiger partial charge in [0.05, 0.1) is 32.1 Å². The lowest BCUT2D eigenvalue weighted by atomic mass is 9.93. The second-order valence-electron chi connectivity index (χ2n) is 7.61. The van der Waals surface area contributed by atoms with Crippen molar-refractivity contribution in [1.82, 2.24) is 10.3 Å². The molecule has 2 aromatic rings. The number of nitrogens with zero attached hydrogens (tertiary/aromatic N) is 1. The highest BCUT2D eigenvalue weighted by Crippen LogP contribution is 2.36. The van der Waals surface area contributed by atoms with Crippen LogP contribution in [0.25, 0.3) is 0 Å². The van der Waals surface area contributed by atoms with Crippen molar-refractivity contribution in [2.75, 3.05) is 12.4 Å². The zero-order valence-electron chi connectivity index (χ0n) is 18.0. The van der Waals surface area contributed by atoms with Crippen molar-refractivity contribution in [1.29, 1.82) is 0 Å². The van der Waals surface area contributed by atoms with Gasteiger partial charge in [0.2, 0.25) is 0 Å². The maximum Gasteiger partial charge on any atom is 0.573 e. The van der Waals surface area contributed by atoms with Gasteiger partial charge in [-0.2, -0.15) is 0 Å². The number of ether oxygens (including phenoxy) is 3. The van der Waals surface area contributed by atoms with Crippen LogP contribution in [0.2, 0.25) is 0 Å². The average molecular weight is 469 g/mol. The fraction of sp³-hybridized carbons (Fsp3) is 0.455. The molecule has 0 unspecified atom stereocenters. The predicted molar refractivity (Wildman–Crippen MR) is 113 cm³/mol. The Balaban J connectivity index is 1.54. The number of aromatic nitrogens is 1. The first-order valence-corrected chi connectivity index (χ1v) is 10.4. The number of hydrogen-bond donors (Lipinski definition) is 3. The van der Waals surface area contributed by atoms with Crippen molar-refractivity contribution >= 4 is 11.7 Å². The highest BCUT2D eigenvalue weighted by molar-refractivity contribution is 5.91. The minimum atomic E-state index is -4.92. The van der Waals surface area contributed by atoms with Gasteiger partial charge in [0.25, 0.3) is 0 Å². The molecule has 11 heteroatoms. The fourth-order valence-electron chi connectivity index (χ4n) is 3.72. The number of methoxy groups -OCH3 is 1. The number of hydrogen-bond acceptors (Lipinski definition) is 6. The number of benzene rings is 1. The van der Waals surface area contributed by atoms with Gasteiger partial charge in [-0.15, -0.1) is 13.2 Å². The Labute approximate surface area is 189 Å². The summed E-state index contributed by atoms with van der Waals surface area (Å²) in [6, 6.07) is 5.08. The van der Waals surface area contributed by atoms with Gasteiger partial charge in [-0.05, 0) is 43.4 Å². The Hall–Kier alpha value is -3.05. The first kappa shape index (κ1) is 24.6. The zero-order valence-corrected chi connectivity index (χ0v) is 18.0. The van der Waals surface area contributed by atoms with E-state index < -0.39 is 24.7 Å². The second kappa shape index (κ2) is 11.2. The van der Waals surface area contributed by atoms with E-state index in [-0.39, 0.29) is 29.1 Å². The number of rotatable bonds is 8. The number of urea groups is 1. The Morgan fingerprint density at radius 3 is 2.61 bits per heavy atom. The molecular formula is C22H26F3N3O5. The average Bonchev–Trinajstić information content (AvgIpc) is 2.78. The number of pyridine rings is 1. The summed E-state index contributed by atoms with van der Waals surface area (Å²) in [7, 11) is 1.29. The third-order valence-electron chi connectivity index (χ3n) is 5.21. The highest BCUT2D eigenvalue weighted by atomic mass is 19.4. The maximum atomic E-state index is 12.6. The molecule has 1 heterocycles. The largest absolute Gasteiger partial charge is 0.573 e. The Morgan fingerprint density at radius 1 is 1.24 bits per heavy atom. The summed E-state index contributed by atoms with van der Waals surface area (Å²) in [6.07, 6.45) is 1.53. The molecule has 1 aliphatic carbocycles. The summed E-state index contributed by atoms with van der Waals surface area (Å²) in [4.78, 5) is 16.5. The number of carbonyl (C=O) groups is 1. The first-order chi connectivity index (χ1) is 15.8.